The van der Waals surface area contributed by atoms with E-state index in [-0.39, 0.29) is 0 Å². The summed E-state index contributed by atoms with van der Waals surface area (Å²) < 4.78 is 24.7. The highest BCUT2D eigenvalue weighted by molar-refractivity contribution is 14.2. The molecule has 58 valence electrons. The quantitative estimate of drug-likeness (QED) is 0.394. The zero-order valence-corrected chi connectivity index (χ0v) is 10.2. The van der Waals surface area contributed by atoms with E-state index in [0.717, 1.165) is 13.4 Å². The molecule has 0 aliphatic carbocycles. The highest BCUT2D eigenvalue weighted by Crippen LogP contribution is 1.86. The maximum Gasteiger partial charge on any atom is 0.264 e. The third kappa shape index (κ3) is 26.7. The van der Waals surface area contributed by atoms with Crippen LogP contribution in [0.15, 0.2) is 0 Å². The van der Waals surface area contributed by atoms with E-state index in [1.165, 1.54) is 2.43 Å². The van der Waals surface area contributed by atoms with Gasteiger partial charge in [-0.3, -0.25) is 4.18 Å². The van der Waals surface area contributed by atoms with Gasteiger partial charge in [0.15, 0.2) is 0 Å². The minimum Gasteiger partial charge on any atom is -0.274 e. The van der Waals surface area contributed by atoms with Gasteiger partial charge in [-0.25, -0.2) is 0 Å². The van der Waals surface area contributed by atoms with Crippen LogP contribution in [0, 0.1) is 0 Å². The van der Waals surface area contributed by atoms with Crippen LogP contribution in [-0.4, -0.2) is 24.2 Å². The molecular formula is C3H8I2O3S. The van der Waals surface area contributed by atoms with Crippen molar-refractivity contribution < 1.29 is 12.6 Å². The van der Waals surface area contributed by atoms with Crippen molar-refractivity contribution >= 4 is 55.3 Å². The van der Waals surface area contributed by atoms with Gasteiger partial charge in [0, 0.05) is 0 Å². The Labute approximate surface area is 82.9 Å². The van der Waals surface area contributed by atoms with Gasteiger partial charge in [-0.2, -0.15) is 8.42 Å². The van der Waals surface area contributed by atoms with Gasteiger partial charge in [0.25, 0.3) is 10.1 Å². The van der Waals surface area contributed by atoms with E-state index < -0.39 is 10.1 Å². The van der Waals surface area contributed by atoms with Crippen molar-refractivity contribution in [1.82, 2.24) is 0 Å². The first-order valence-corrected chi connectivity index (χ1v) is 6.72. The predicted octanol–water partition coefficient (Wildman–Crippen LogP) is 1.41. The Morgan fingerprint density at radius 2 is 1.56 bits per heavy atom. The molecular weight excluding hydrogens is 370 g/mol. The Balaban J connectivity index is 0. The number of hydrogen-bond donors (Lipinski definition) is 0. The van der Waals surface area contributed by atoms with Crippen molar-refractivity contribution in [1.29, 1.82) is 0 Å². The number of alkyl halides is 2. The first-order valence-electron chi connectivity index (χ1n) is 1.85. The smallest absolute Gasteiger partial charge is 0.264 e. The second kappa shape index (κ2) is 7.48. The molecule has 0 aliphatic heterocycles. The number of halogens is 2. The highest BCUT2D eigenvalue weighted by Gasteiger charge is 1.90. The number of rotatable bonds is 1. The summed E-state index contributed by atoms with van der Waals surface area (Å²) in [6.45, 7) is 0. The lowest BCUT2D eigenvalue weighted by molar-refractivity contribution is 0.403. The van der Waals surface area contributed by atoms with Crippen molar-refractivity contribution in [2.75, 3.05) is 15.8 Å². The van der Waals surface area contributed by atoms with Gasteiger partial charge < -0.3 is 0 Å². The highest BCUT2D eigenvalue weighted by atomic mass is 127. The van der Waals surface area contributed by atoms with E-state index in [1.54, 1.807) is 0 Å². The maximum atomic E-state index is 9.78. The topological polar surface area (TPSA) is 43.4 Å². The van der Waals surface area contributed by atoms with Crippen LogP contribution >= 0.6 is 45.2 Å². The van der Waals surface area contributed by atoms with E-state index in [1.807, 2.05) is 0 Å². The summed E-state index contributed by atoms with van der Waals surface area (Å²) in [6, 6.07) is 0. The molecule has 0 amide bonds. The van der Waals surface area contributed by atoms with Crippen molar-refractivity contribution in [2.24, 2.45) is 0 Å². The standard InChI is InChI=1S/C2H6O3S.CH2I2/c1-5-6(2,3)4;2-1-3/h1-2H3;1H2. The number of hydrogen-bond acceptors (Lipinski definition) is 3. The second-order valence-electron chi connectivity index (χ2n) is 0.972. The Morgan fingerprint density at radius 1 is 1.44 bits per heavy atom. The van der Waals surface area contributed by atoms with Gasteiger partial charge in [0.2, 0.25) is 0 Å². The molecule has 0 heterocycles. The van der Waals surface area contributed by atoms with Gasteiger partial charge in [-0.05, 0) is 0 Å². The van der Waals surface area contributed by atoms with Crippen molar-refractivity contribution in [3.05, 3.63) is 0 Å². The molecule has 0 bridgehead atoms. The molecule has 0 spiro atoms. The first-order chi connectivity index (χ1) is 3.97. The summed E-state index contributed by atoms with van der Waals surface area (Å²) >= 11 is 4.55. The second-order valence-corrected chi connectivity index (χ2v) is 7.16. The fraction of sp³-hybridized carbons (Fsp3) is 1.00. The summed E-state index contributed by atoms with van der Waals surface area (Å²) in [4.78, 5) is 0. The van der Waals surface area contributed by atoms with Crippen LogP contribution in [-0.2, 0) is 14.3 Å². The molecule has 0 fully saturated rings. The van der Waals surface area contributed by atoms with Crippen LogP contribution in [0.5, 0.6) is 0 Å². The zero-order chi connectivity index (χ0) is 7.91. The van der Waals surface area contributed by atoms with Crippen LogP contribution in [0.1, 0.15) is 0 Å². The van der Waals surface area contributed by atoms with Crippen LogP contribution in [0.2, 0.25) is 0 Å². The van der Waals surface area contributed by atoms with Crippen molar-refractivity contribution in [3.63, 3.8) is 0 Å². The lowest BCUT2D eigenvalue weighted by atomic mass is 11.8. The van der Waals surface area contributed by atoms with E-state index in [4.69, 9.17) is 0 Å². The molecule has 3 nitrogen and oxygen atoms in total. The Bertz CT molecular complexity index is 130. The van der Waals surface area contributed by atoms with Crippen LogP contribution < -0.4 is 0 Å². The maximum absolute atomic E-state index is 9.78. The van der Waals surface area contributed by atoms with E-state index in [9.17, 15) is 8.42 Å². The van der Waals surface area contributed by atoms with Gasteiger partial charge in [-0.15, -0.1) is 0 Å². The lowest BCUT2D eigenvalue weighted by Gasteiger charge is -1.84. The predicted molar refractivity (Wildman–Crippen MR) is 54.8 cm³/mol. The molecule has 0 N–H and O–H groups in total. The summed E-state index contributed by atoms with van der Waals surface area (Å²) in [5, 5.41) is 0. The average molecular weight is 378 g/mol. The van der Waals surface area contributed by atoms with Crippen LogP contribution in [0.3, 0.4) is 0 Å². The fourth-order valence-electron chi connectivity index (χ4n) is 0. The molecule has 0 aromatic heterocycles. The molecule has 0 aromatic carbocycles. The van der Waals surface area contributed by atoms with Gasteiger partial charge in [0.05, 0.1) is 15.8 Å². The van der Waals surface area contributed by atoms with E-state index in [0.29, 0.717) is 0 Å². The fourth-order valence-corrected chi connectivity index (χ4v) is 0. The molecule has 6 heteroatoms. The third-order valence-electron chi connectivity index (χ3n) is 0.303. The normalized spacial score (nSPS) is 9.78. The first kappa shape index (κ1) is 13.0. The average Bonchev–Trinajstić information content (AvgIpc) is 1.67. The molecule has 0 radical (unpaired) electrons. The Hall–Kier alpha value is 1.37. The van der Waals surface area contributed by atoms with Gasteiger partial charge in [-0.1, -0.05) is 45.2 Å². The third-order valence-corrected chi connectivity index (χ3v) is 0.908. The summed E-state index contributed by atoms with van der Waals surface area (Å²) in [7, 11) is -2.04. The Kier molecular flexibility index (Phi) is 10.8. The van der Waals surface area contributed by atoms with Gasteiger partial charge in [0.1, 0.15) is 0 Å². The van der Waals surface area contributed by atoms with Crippen LogP contribution in [0.4, 0.5) is 0 Å². The van der Waals surface area contributed by atoms with E-state index >= 15 is 0 Å². The van der Waals surface area contributed by atoms with Crippen molar-refractivity contribution in [3.8, 4) is 0 Å². The molecule has 0 saturated heterocycles. The summed E-state index contributed by atoms with van der Waals surface area (Å²) in [5.74, 6) is 0. The molecule has 0 atom stereocenters. The van der Waals surface area contributed by atoms with Crippen molar-refractivity contribution in [2.45, 2.75) is 0 Å². The molecule has 0 saturated carbocycles. The zero-order valence-electron chi connectivity index (χ0n) is 5.10. The SMILES string of the molecule is COS(C)(=O)=O.ICI. The minimum atomic E-state index is -3.16. The molecule has 0 aliphatic rings. The van der Waals surface area contributed by atoms with Crippen LogP contribution in [0.25, 0.3) is 0 Å². The van der Waals surface area contributed by atoms with E-state index in [2.05, 4.69) is 49.4 Å². The minimum absolute atomic E-state index is 0.993. The lowest BCUT2D eigenvalue weighted by Crippen LogP contribution is -1.95. The molecule has 0 unspecified atom stereocenters. The van der Waals surface area contributed by atoms with Gasteiger partial charge >= 0.3 is 0 Å². The summed E-state index contributed by atoms with van der Waals surface area (Å²) in [5.41, 5.74) is 0. The molecule has 9 heavy (non-hydrogen) atoms. The monoisotopic (exact) mass is 378 g/mol. The molecule has 0 rings (SSSR count). The largest absolute Gasteiger partial charge is 0.274 e. The summed E-state index contributed by atoms with van der Waals surface area (Å²) in [6.07, 6.45) is 0.993. The molecule has 0 aromatic rings. The Morgan fingerprint density at radius 3 is 1.56 bits per heavy atom.